The van der Waals surface area contributed by atoms with Crippen molar-refractivity contribution in [2.24, 2.45) is 5.92 Å². The molecule has 1 aliphatic carbocycles. The second kappa shape index (κ2) is 10.4. The van der Waals surface area contributed by atoms with E-state index in [1.54, 1.807) is 0 Å². The molecular weight excluding hydrogens is 302 g/mol. The third-order valence-electron chi connectivity index (χ3n) is 5.43. The fraction of sp³-hybridized carbons (Fsp3) is 0.947. The van der Waals surface area contributed by atoms with Gasteiger partial charge in [-0.3, -0.25) is 9.69 Å². The van der Waals surface area contributed by atoms with Crippen LogP contribution in [-0.2, 0) is 4.79 Å². The number of carbonyl (C=O) groups excluding carboxylic acids is 1. The summed E-state index contributed by atoms with van der Waals surface area (Å²) >= 11 is 0. The van der Waals surface area contributed by atoms with Crippen molar-refractivity contribution in [2.45, 2.75) is 70.4 Å². The van der Waals surface area contributed by atoms with Crippen molar-refractivity contribution in [3.63, 3.8) is 0 Å². The Morgan fingerprint density at radius 2 is 1.79 bits per heavy atom. The molecule has 1 heterocycles. The number of amides is 1. The van der Waals surface area contributed by atoms with Crippen LogP contribution in [0.4, 0.5) is 0 Å². The monoisotopic (exact) mass is 339 g/mol. The standard InChI is InChI=1S/C19H37N3O2/c1-16(23)13-22-11-9-17(10-12-22)14-21(2)15-19(24)20-18-7-5-3-4-6-8-18/h16-18,23H,3-15H2,1-2H3,(H,20,24)/t16-/m0/s1. The van der Waals surface area contributed by atoms with Crippen LogP contribution >= 0.6 is 0 Å². The maximum absolute atomic E-state index is 12.3. The number of hydrogen-bond acceptors (Lipinski definition) is 4. The Morgan fingerprint density at radius 3 is 2.38 bits per heavy atom. The summed E-state index contributed by atoms with van der Waals surface area (Å²) < 4.78 is 0. The molecule has 1 saturated carbocycles. The minimum absolute atomic E-state index is 0.191. The van der Waals surface area contributed by atoms with Gasteiger partial charge in [0.15, 0.2) is 0 Å². The molecule has 1 saturated heterocycles. The average molecular weight is 340 g/mol. The van der Waals surface area contributed by atoms with Crippen LogP contribution in [0.3, 0.4) is 0 Å². The Kier molecular flexibility index (Phi) is 8.50. The molecule has 2 rings (SSSR count). The lowest BCUT2D eigenvalue weighted by Gasteiger charge is -2.34. The molecular formula is C19H37N3O2. The van der Waals surface area contributed by atoms with Crippen molar-refractivity contribution in [1.82, 2.24) is 15.1 Å². The van der Waals surface area contributed by atoms with Gasteiger partial charge in [0.05, 0.1) is 12.6 Å². The number of piperidine rings is 1. The second-order valence-electron chi connectivity index (χ2n) is 8.05. The van der Waals surface area contributed by atoms with Crippen LogP contribution in [0.15, 0.2) is 0 Å². The van der Waals surface area contributed by atoms with E-state index in [2.05, 4.69) is 22.2 Å². The molecule has 1 amide bonds. The summed E-state index contributed by atoms with van der Waals surface area (Å²) in [6.45, 7) is 6.29. The topological polar surface area (TPSA) is 55.8 Å². The van der Waals surface area contributed by atoms with Crippen LogP contribution in [0.5, 0.6) is 0 Å². The van der Waals surface area contributed by atoms with E-state index in [0.29, 0.717) is 18.5 Å². The zero-order valence-electron chi connectivity index (χ0n) is 15.7. The number of aliphatic hydroxyl groups is 1. The molecule has 2 N–H and O–H groups in total. The van der Waals surface area contributed by atoms with E-state index >= 15 is 0 Å². The summed E-state index contributed by atoms with van der Waals surface area (Å²) in [4.78, 5) is 16.8. The molecule has 0 unspecified atom stereocenters. The van der Waals surface area contributed by atoms with Crippen LogP contribution in [0.2, 0.25) is 0 Å². The van der Waals surface area contributed by atoms with Gasteiger partial charge in [-0.1, -0.05) is 25.7 Å². The van der Waals surface area contributed by atoms with E-state index in [9.17, 15) is 9.90 Å². The average Bonchev–Trinajstić information content (AvgIpc) is 2.77. The first-order valence-corrected chi connectivity index (χ1v) is 9.91. The number of rotatable bonds is 7. The predicted octanol–water partition coefficient (Wildman–Crippen LogP) is 1.85. The highest BCUT2D eigenvalue weighted by molar-refractivity contribution is 5.78. The Balaban J connectivity index is 1.62. The Labute approximate surface area is 147 Å². The SMILES string of the molecule is C[C@H](O)CN1CCC(CN(C)CC(=O)NC2CCCCCC2)CC1. The minimum Gasteiger partial charge on any atom is -0.392 e. The highest BCUT2D eigenvalue weighted by Gasteiger charge is 2.22. The van der Waals surface area contributed by atoms with Crippen molar-refractivity contribution in [3.8, 4) is 0 Å². The summed E-state index contributed by atoms with van der Waals surface area (Å²) in [6.07, 6.45) is 9.55. The first-order chi connectivity index (χ1) is 11.5. The van der Waals surface area contributed by atoms with E-state index in [4.69, 9.17) is 0 Å². The fourth-order valence-corrected chi connectivity index (χ4v) is 4.17. The molecule has 140 valence electrons. The van der Waals surface area contributed by atoms with E-state index in [0.717, 1.165) is 39.0 Å². The molecule has 2 fully saturated rings. The highest BCUT2D eigenvalue weighted by Crippen LogP contribution is 2.19. The van der Waals surface area contributed by atoms with Gasteiger partial charge < -0.3 is 15.3 Å². The summed E-state index contributed by atoms with van der Waals surface area (Å²) in [7, 11) is 2.06. The van der Waals surface area contributed by atoms with Crippen molar-refractivity contribution in [2.75, 3.05) is 39.8 Å². The molecule has 0 bridgehead atoms. The van der Waals surface area contributed by atoms with Crippen LogP contribution in [0, 0.1) is 5.92 Å². The molecule has 0 aromatic heterocycles. The van der Waals surface area contributed by atoms with Crippen molar-refractivity contribution >= 4 is 5.91 Å². The quantitative estimate of drug-likeness (QED) is 0.695. The summed E-state index contributed by atoms with van der Waals surface area (Å²) in [5, 5.41) is 12.7. The normalized spacial score (nSPS) is 23.2. The van der Waals surface area contributed by atoms with Gasteiger partial charge in [0.25, 0.3) is 0 Å². The van der Waals surface area contributed by atoms with E-state index < -0.39 is 0 Å². The zero-order chi connectivity index (χ0) is 17.4. The molecule has 0 spiro atoms. The van der Waals surface area contributed by atoms with Crippen molar-refractivity contribution < 1.29 is 9.90 Å². The Bertz CT molecular complexity index is 360. The summed E-state index contributed by atoms with van der Waals surface area (Å²) in [5.41, 5.74) is 0. The molecule has 24 heavy (non-hydrogen) atoms. The molecule has 5 nitrogen and oxygen atoms in total. The van der Waals surface area contributed by atoms with E-state index in [1.165, 1.54) is 38.5 Å². The van der Waals surface area contributed by atoms with Crippen molar-refractivity contribution in [3.05, 3.63) is 0 Å². The van der Waals surface area contributed by atoms with Crippen LogP contribution in [0.1, 0.15) is 58.3 Å². The molecule has 2 aliphatic rings. The van der Waals surface area contributed by atoms with Gasteiger partial charge >= 0.3 is 0 Å². The van der Waals surface area contributed by atoms with Crippen molar-refractivity contribution in [1.29, 1.82) is 0 Å². The van der Waals surface area contributed by atoms with Gasteiger partial charge in [-0.2, -0.15) is 0 Å². The van der Waals surface area contributed by atoms with Gasteiger partial charge in [0.1, 0.15) is 0 Å². The lowest BCUT2D eigenvalue weighted by Crippen LogP contribution is -2.44. The lowest BCUT2D eigenvalue weighted by molar-refractivity contribution is -0.122. The maximum Gasteiger partial charge on any atom is 0.234 e. The number of likely N-dealkylation sites (N-methyl/N-ethyl adjacent to an activating group) is 1. The number of carbonyl (C=O) groups is 1. The first-order valence-electron chi connectivity index (χ1n) is 9.91. The molecule has 1 atom stereocenters. The maximum atomic E-state index is 12.3. The third kappa shape index (κ3) is 7.49. The Morgan fingerprint density at radius 1 is 1.17 bits per heavy atom. The number of hydrogen-bond donors (Lipinski definition) is 2. The van der Waals surface area contributed by atoms with Crippen LogP contribution in [-0.4, -0.2) is 72.7 Å². The number of likely N-dealkylation sites (tertiary alicyclic amines) is 1. The smallest absolute Gasteiger partial charge is 0.234 e. The molecule has 5 heteroatoms. The van der Waals surface area contributed by atoms with E-state index in [-0.39, 0.29) is 12.0 Å². The van der Waals surface area contributed by atoms with Crippen LogP contribution in [0.25, 0.3) is 0 Å². The predicted molar refractivity (Wildman–Crippen MR) is 98.0 cm³/mol. The van der Waals surface area contributed by atoms with Gasteiger partial charge in [0, 0.05) is 19.1 Å². The lowest BCUT2D eigenvalue weighted by atomic mass is 9.96. The number of nitrogens with zero attached hydrogens (tertiary/aromatic N) is 2. The number of β-amino-alcohol motifs (C(OH)–C–C–N with tert-alkyl or cyclic N) is 1. The second-order valence-corrected chi connectivity index (χ2v) is 8.05. The summed E-state index contributed by atoms with van der Waals surface area (Å²) in [6, 6.07) is 0.400. The number of nitrogens with one attached hydrogen (secondary N) is 1. The molecule has 0 aromatic carbocycles. The van der Waals surface area contributed by atoms with Gasteiger partial charge in [-0.05, 0) is 58.7 Å². The van der Waals surface area contributed by atoms with Gasteiger partial charge in [0.2, 0.25) is 5.91 Å². The summed E-state index contributed by atoms with van der Waals surface area (Å²) in [5.74, 6) is 0.863. The van der Waals surface area contributed by atoms with Gasteiger partial charge in [-0.15, -0.1) is 0 Å². The Hall–Kier alpha value is -0.650. The third-order valence-corrected chi connectivity index (χ3v) is 5.43. The minimum atomic E-state index is -0.239. The fourth-order valence-electron chi connectivity index (χ4n) is 4.17. The zero-order valence-corrected chi connectivity index (χ0v) is 15.7. The molecule has 0 radical (unpaired) electrons. The molecule has 0 aromatic rings. The largest absolute Gasteiger partial charge is 0.392 e. The van der Waals surface area contributed by atoms with E-state index in [1.807, 2.05) is 6.92 Å². The molecule has 1 aliphatic heterocycles. The first kappa shape index (κ1) is 19.7. The number of aliphatic hydroxyl groups excluding tert-OH is 1. The highest BCUT2D eigenvalue weighted by atomic mass is 16.3. The van der Waals surface area contributed by atoms with Crippen LogP contribution < -0.4 is 5.32 Å². The van der Waals surface area contributed by atoms with Gasteiger partial charge in [-0.25, -0.2) is 0 Å².